The summed E-state index contributed by atoms with van der Waals surface area (Å²) in [7, 11) is 0. The number of para-hydroxylation sites is 1. The number of ether oxygens (including phenoxy) is 2. The third-order valence-corrected chi connectivity index (χ3v) is 5.99. The van der Waals surface area contributed by atoms with Gasteiger partial charge in [0.15, 0.2) is 17.6 Å². The van der Waals surface area contributed by atoms with Crippen LogP contribution >= 0.6 is 0 Å². The summed E-state index contributed by atoms with van der Waals surface area (Å²) in [6.45, 7) is 3.68. The first kappa shape index (κ1) is 23.5. The Hall–Kier alpha value is -3.68. The molecule has 1 aromatic heterocycles. The van der Waals surface area contributed by atoms with E-state index in [1.165, 1.54) is 18.0 Å². The number of carbonyl (C=O) groups is 1. The molecular weight excluding hydrogens is 434 g/mol. The summed E-state index contributed by atoms with van der Waals surface area (Å²) in [6.07, 6.45) is 5.99. The fourth-order valence-electron chi connectivity index (χ4n) is 4.21. The number of hydrogen-bond donors (Lipinski definition) is 1. The Morgan fingerprint density at radius 3 is 2.71 bits per heavy atom. The van der Waals surface area contributed by atoms with Gasteiger partial charge >= 0.3 is 5.97 Å². The van der Waals surface area contributed by atoms with Crippen LogP contribution in [0.5, 0.6) is 11.5 Å². The number of carboxylic acids is 1. The van der Waals surface area contributed by atoms with Crippen LogP contribution in [0.4, 0.5) is 0 Å². The molecule has 1 aliphatic rings. The van der Waals surface area contributed by atoms with E-state index in [9.17, 15) is 9.59 Å². The molecule has 3 aromatic rings. The van der Waals surface area contributed by atoms with E-state index in [1.807, 2.05) is 25.1 Å². The van der Waals surface area contributed by atoms with Gasteiger partial charge in [-0.3, -0.25) is 4.79 Å². The maximum absolute atomic E-state index is 13.3. The van der Waals surface area contributed by atoms with Gasteiger partial charge in [0, 0.05) is 5.92 Å². The van der Waals surface area contributed by atoms with E-state index < -0.39 is 12.1 Å². The summed E-state index contributed by atoms with van der Waals surface area (Å²) in [5.74, 6) is 0.569. The van der Waals surface area contributed by atoms with E-state index in [0.29, 0.717) is 40.4 Å². The maximum atomic E-state index is 13.3. The van der Waals surface area contributed by atoms with Gasteiger partial charge in [-0.05, 0) is 62.6 Å². The van der Waals surface area contributed by atoms with Gasteiger partial charge in [-0.2, -0.15) is 9.78 Å². The first-order valence-corrected chi connectivity index (χ1v) is 11.7. The molecule has 34 heavy (non-hydrogen) atoms. The Morgan fingerprint density at radius 1 is 1.21 bits per heavy atom. The van der Waals surface area contributed by atoms with E-state index in [-0.39, 0.29) is 11.5 Å². The Bertz CT molecular complexity index is 1260. The van der Waals surface area contributed by atoms with Gasteiger partial charge < -0.3 is 14.6 Å². The largest absolute Gasteiger partial charge is 0.490 e. The van der Waals surface area contributed by atoms with Crippen LogP contribution in [-0.2, 0) is 4.79 Å². The van der Waals surface area contributed by atoms with Crippen LogP contribution in [0.15, 0.2) is 52.4 Å². The fourth-order valence-corrected chi connectivity index (χ4v) is 4.21. The molecule has 1 heterocycles. The third-order valence-electron chi connectivity index (χ3n) is 5.99. The number of benzene rings is 2. The zero-order valence-electron chi connectivity index (χ0n) is 19.4. The molecule has 1 atom stereocenters. The molecule has 178 valence electrons. The zero-order valence-corrected chi connectivity index (χ0v) is 19.4. The van der Waals surface area contributed by atoms with Gasteiger partial charge in [0.1, 0.15) is 5.82 Å². The van der Waals surface area contributed by atoms with Gasteiger partial charge in [-0.15, -0.1) is 0 Å². The molecule has 1 aliphatic carbocycles. The lowest BCUT2D eigenvalue weighted by Crippen LogP contribution is -2.25. The van der Waals surface area contributed by atoms with Crippen molar-refractivity contribution in [2.24, 2.45) is 5.10 Å². The molecule has 0 radical (unpaired) electrons. The summed E-state index contributed by atoms with van der Waals surface area (Å²) in [6, 6.07) is 12.5. The molecule has 2 aromatic carbocycles. The Balaban J connectivity index is 1.72. The number of aromatic nitrogens is 2. The van der Waals surface area contributed by atoms with Gasteiger partial charge in [-0.1, -0.05) is 31.4 Å². The minimum Gasteiger partial charge on any atom is -0.490 e. The quantitative estimate of drug-likeness (QED) is 0.491. The highest BCUT2D eigenvalue weighted by atomic mass is 16.5. The summed E-state index contributed by atoms with van der Waals surface area (Å²) < 4.78 is 12.6. The molecule has 1 N–H and O–H groups in total. The van der Waals surface area contributed by atoms with Crippen LogP contribution < -0.4 is 15.0 Å². The molecule has 1 saturated carbocycles. The van der Waals surface area contributed by atoms with Gasteiger partial charge in [0.2, 0.25) is 0 Å². The van der Waals surface area contributed by atoms with Crippen LogP contribution in [0.2, 0.25) is 0 Å². The van der Waals surface area contributed by atoms with E-state index in [2.05, 4.69) is 5.10 Å². The van der Waals surface area contributed by atoms with Crippen molar-refractivity contribution in [1.29, 1.82) is 0 Å². The number of hydrogen-bond acceptors (Lipinski definition) is 6. The summed E-state index contributed by atoms with van der Waals surface area (Å²) in [5.41, 5.74) is 1.18. The van der Waals surface area contributed by atoms with Crippen molar-refractivity contribution in [2.45, 2.75) is 58.0 Å². The Kier molecular flexibility index (Phi) is 7.25. The topological polar surface area (TPSA) is 103 Å². The Labute approximate surface area is 197 Å². The van der Waals surface area contributed by atoms with Crippen molar-refractivity contribution < 1.29 is 19.4 Å². The molecule has 8 heteroatoms. The second-order valence-corrected chi connectivity index (χ2v) is 8.42. The maximum Gasteiger partial charge on any atom is 0.344 e. The molecule has 8 nitrogen and oxygen atoms in total. The predicted octanol–water partition coefficient (Wildman–Crippen LogP) is 4.58. The van der Waals surface area contributed by atoms with Crippen LogP contribution in [0.3, 0.4) is 0 Å². The summed E-state index contributed by atoms with van der Waals surface area (Å²) >= 11 is 0. The number of carboxylic acid groups (broad SMARTS) is 1. The second-order valence-electron chi connectivity index (χ2n) is 8.42. The van der Waals surface area contributed by atoms with Crippen LogP contribution in [0, 0.1) is 0 Å². The van der Waals surface area contributed by atoms with Crippen molar-refractivity contribution in [2.75, 3.05) is 6.61 Å². The second kappa shape index (κ2) is 10.5. The van der Waals surface area contributed by atoms with E-state index in [0.717, 1.165) is 25.7 Å². The molecule has 0 unspecified atom stereocenters. The number of aliphatic carboxylic acids is 1. The highest BCUT2D eigenvalue weighted by Crippen LogP contribution is 2.32. The highest BCUT2D eigenvalue weighted by molar-refractivity contribution is 5.81. The normalized spacial score (nSPS) is 15.5. The molecule has 1 fully saturated rings. The third kappa shape index (κ3) is 5.11. The smallest absolute Gasteiger partial charge is 0.344 e. The van der Waals surface area contributed by atoms with Crippen LogP contribution in [0.1, 0.15) is 63.3 Å². The van der Waals surface area contributed by atoms with Crippen molar-refractivity contribution >= 4 is 23.1 Å². The minimum atomic E-state index is -1.06. The average molecular weight is 464 g/mol. The first-order chi connectivity index (χ1) is 16.5. The fraction of sp³-hybridized carbons (Fsp3) is 0.385. The van der Waals surface area contributed by atoms with Gasteiger partial charge in [0.05, 0.1) is 23.7 Å². The SMILES string of the molecule is CCOc1cc(C=Nn2c(C3CCCCC3)nc3ccccc3c2=O)ccc1O[C@H](C)C(=O)O. The minimum absolute atomic E-state index is 0.190. The van der Waals surface area contributed by atoms with E-state index in [1.54, 1.807) is 30.5 Å². The van der Waals surface area contributed by atoms with Crippen molar-refractivity contribution in [3.8, 4) is 11.5 Å². The highest BCUT2D eigenvalue weighted by Gasteiger charge is 2.22. The summed E-state index contributed by atoms with van der Waals surface area (Å²) in [4.78, 5) is 29.3. The molecule has 0 aliphatic heterocycles. The molecular formula is C26H29N3O5. The van der Waals surface area contributed by atoms with Crippen LogP contribution in [-0.4, -0.2) is 39.7 Å². The Morgan fingerprint density at radius 2 is 1.97 bits per heavy atom. The number of rotatable bonds is 8. The van der Waals surface area contributed by atoms with Gasteiger partial charge in [0.25, 0.3) is 5.56 Å². The lowest BCUT2D eigenvalue weighted by Gasteiger charge is -2.22. The van der Waals surface area contributed by atoms with Crippen molar-refractivity contribution in [3.05, 3.63) is 64.2 Å². The lowest BCUT2D eigenvalue weighted by atomic mass is 9.88. The molecule has 0 spiro atoms. The lowest BCUT2D eigenvalue weighted by molar-refractivity contribution is -0.144. The zero-order chi connectivity index (χ0) is 24.1. The van der Waals surface area contributed by atoms with Crippen molar-refractivity contribution in [3.63, 3.8) is 0 Å². The number of nitrogens with zero attached hydrogens (tertiary/aromatic N) is 3. The first-order valence-electron chi connectivity index (χ1n) is 11.7. The molecule has 0 amide bonds. The van der Waals surface area contributed by atoms with E-state index in [4.69, 9.17) is 19.6 Å². The molecule has 0 bridgehead atoms. The standard InChI is InChI=1S/C26H29N3O5/c1-3-33-23-15-18(13-14-22(23)34-17(2)26(31)32)16-27-29-24(19-9-5-4-6-10-19)28-21-12-8-7-11-20(21)25(29)30/h7-8,11-17,19H,3-6,9-10H2,1-2H3,(H,31,32)/t17-/m1/s1. The van der Waals surface area contributed by atoms with E-state index >= 15 is 0 Å². The number of fused-ring (bicyclic) bond motifs is 1. The van der Waals surface area contributed by atoms with Gasteiger partial charge in [-0.25, -0.2) is 9.78 Å². The predicted molar refractivity (Wildman–Crippen MR) is 130 cm³/mol. The van der Waals surface area contributed by atoms with Crippen LogP contribution in [0.25, 0.3) is 10.9 Å². The average Bonchev–Trinajstić information content (AvgIpc) is 2.85. The monoisotopic (exact) mass is 463 g/mol. The summed E-state index contributed by atoms with van der Waals surface area (Å²) in [5, 5.41) is 14.2. The molecule has 0 saturated heterocycles. The van der Waals surface area contributed by atoms with Crippen molar-refractivity contribution in [1.82, 2.24) is 9.66 Å². The molecule has 4 rings (SSSR count).